The van der Waals surface area contributed by atoms with Crippen LogP contribution < -0.4 is 4.90 Å². The van der Waals surface area contributed by atoms with Crippen LogP contribution in [0, 0.1) is 6.92 Å². The fourth-order valence-electron chi connectivity index (χ4n) is 1.94. The molecule has 0 unspecified atom stereocenters. The molecule has 1 aromatic rings. The van der Waals surface area contributed by atoms with Gasteiger partial charge >= 0.3 is 5.97 Å². The third kappa shape index (κ3) is 2.08. The van der Waals surface area contributed by atoms with E-state index in [2.05, 4.69) is 17.1 Å². The van der Waals surface area contributed by atoms with Gasteiger partial charge in [-0.05, 0) is 31.0 Å². The van der Waals surface area contributed by atoms with E-state index in [4.69, 9.17) is 5.11 Å². The first kappa shape index (κ1) is 10.7. The van der Waals surface area contributed by atoms with Gasteiger partial charge in [0.1, 0.15) is 0 Å². The number of aromatic carboxylic acids is 1. The molecule has 1 aromatic carbocycles. The highest BCUT2D eigenvalue weighted by atomic mass is 16.4. The number of benzene rings is 1. The molecule has 0 saturated carbocycles. The van der Waals surface area contributed by atoms with Crippen molar-refractivity contribution in [2.24, 2.45) is 0 Å². The zero-order chi connectivity index (χ0) is 11.5. The van der Waals surface area contributed by atoms with Crippen molar-refractivity contribution >= 4 is 11.7 Å². The van der Waals surface area contributed by atoms with Gasteiger partial charge in [0.2, 0.25) is 0 Å². The Morgan fingerprint density at radius 3 is 2.81 bits per heavy atom. The van der Waals surface area contributed by atoms with Gasteiger partial charge in [-0.25, -0.2) is 4.79 Å². The van der Waals surface area contributed by atoms with Gasteiger partial charge in [-0.1, -0.05) is 18.2 Å². The largest absolute Gasteiger partial charge is 0.478 e. The standard InChI is InChI=1S/C13H15NO2/c1-10-5-6-11(13(15)16)12(9-10)14-7-3-2-4-8-14/h2-3,5-6,9H,4,7-8H2,1H3,(H,15,16). The van der Waals surface area contributed by atoms with E-state index in [0.717, 1.165) is 30.8 Å². The van der Waals surface area contributed by atoms with Crippen LogP contribution in [0.2, 0.25) is 0 Å². The molecule has 2 rings (SSSR count). The summed E-state index contributed by atoms with van der Waals surface area (Å²) in [5, 5.41) is 9.14. The van der Waals surface area contributed by atoms with Gasteiger partial charge in [0.05, 0.1) is 11.3 Å². The number of aryl methyl sites for hydroxylation is 1. The fourth-order valence-corrected chi connectivity index (χ4v) is 1.94. The van der Waals surface area contributed by atoms with E-state index in [0.29, 0.717) is 5.56 Å². The zero-order valence-electron chi connectivity index (χ0n) is 9.31. The quantitative estimate of drug-likeness (QED) is 0.773. The molecule has 1 N–H and O–H groups in total. The maximum atomic E-state index is 11.1. The summed E-state index contributed by atoms with van der Waals surface area (Å²) in [6, 6.07) is 5.47. The van der Waals surface area contributed by atoms with E-state index in [9.17, 15) is 4.79 Å². The Labute approximate surface area is 95.0 Å². The minimum atomic E-state index is -0.857. The zero-order valence-corrected chi connectivity index (χ0v) is 9.31. The Kier molecular flexibility index (Phi) is 2.95. The Morgan fingerprint density at radius 1 is 1.38 bits per heavy atom. The summed E-state index contributed by atoms with van der Waals surface area (Å²) in [5.41, 5.74) is 2.31. The molecular weight excluding hydrogens is 202 g/mol. The van der Waals surface area contributed by atoms with Gasteiger partial charge in [-0.15, -0.1) is 0 Å². The normalized spacial score (nSPS) is 15.2. The van der Waals surface area contributed by atoms with E-state index >= 15 is 0 Å². The summed E-state index contributed by atoms with van der Waals surface area (Å²) in [5.74, 6) is -0.857. The molecule has 0 atom stereocenters. The Balaban J connectivity index is 2.40. The van der Waals surface area contributed by atoms with Crippen LogP contribution in [0.1, 0.15) is 22.3 Å². The summed E-state index contributed by atoms with van der Waals surface area (Å²) in [4.78, 5) is 13.2. The maximum absolute atomic E-state index is 11.1. The molecule has 84 valence electrons. The van der Waals surface area contributed by atoms with E-state index in [1.54, 1.807) is 6.07 Å². The van der Waals surface area contributed by atoms with Crippen LogP contribution in [0.25, 0.3) is 0 Å². The molecule has 1 heterocycles. The van der Waals surface area contributed by atoms with Gasteiger partial charge in [-0.3, -0.25) is 0 Å². The molecule has 1 aliphatic heterocycles. The average Bonchev–Trinajstić information content (AvgIpc) is 2.29. The molecule has 3 heteroatoms. The number of carbonyl (C=O) groups is 1. The van der Waals surface area contributed by atoms with Crippen molar-refractivity contribution in [2.45, 2.75) is 13.3 Å². The smallest absolute Gasteiger partial charge is 0.337 e. The second-order valence-electron chi connectivity index (χ2n) is 4.03. The van der Waals surface area contributed by atoms with Crippen molar-refractivity contribution in [1.82, 2.24) is 0 Å². The number of rotatable bonds is 2. The second kappa shape index (κ2) is 4.39. The van der Waals surface area contributed by atoms with Crippen LogP contribution in [0.5, 0.6) is 0 Å². The van der Waals surface area contributed by atoms with Gasteiger partial charge in [0.15, 0.2) is 0 Å². The molecule has 16 heavy (non-hydrogen) atoms. The summed E-state index contributed by atoms with van der Waals surface area (Å²) in [6.45, 7) is 3.67. The second-order valence-corrected chi connectivity index (χ2v) is 4.03. The minimum absolute atomic E-state index is 0.390. The van der Waals surface area contributed by atoms with Gasteiger partial charge in [-0.2, -0.15) is 0 Å². The number of anilines is 1. The lowest BCUT2D eigenvalue weighted by Gasteiger charge is -2.27. The van der Waals surface area contributed by atoms with E-state index in [1.165, 1.54) is 0 Å². The summed E-state index contributed by atoms with van der Waals surface area (Å²) >= 11 is 0. The molecule has 1 aliphatic rings. The first-order chi connectivity index (χ1) is 7.68. The number of carboxylic acids is 1. The topological polar surface area (TPSA) is 40.5 Å². The highest BCUT2D eigenvalue weighted by Gasteiger charge is 2.16. The van der Waals surface area contributed by atoms with Crippen LogP contribution in [0.15, 0.2) is 30.4 Å². The van der Waals surface area contributed by atoms with Crippen molar-refractivity contribution in [3.63, 3.8) is 0 Å². The molecule has 0 aliphatic carbocycles. The third-order valence-electron chi connectivity index (χ3n) is 2.78. The number of hydrogen-bond acceptors (Lipinski definition) is 2. The van der Waals surface area contributed by atoms with Crippen molar-refractivity contribution in [1.29, 1.82) is 0 Å². The lowest BCUT2D eigenvalue weighted by atomic mass is 10.1. The van der Waals surface area contributed by atoms with Crippen molar-refractivity contribution < 1.29 is 9.90 Å². The molecule has 0 amide bonds. The summed E-state index contributed by atoms with van der Waals surface area (Å²) < 4.78 is 0. The van der Waals surface area contributed by atoms with E-state index in [-0.39, 0.29) is 0 Å². The molecule has 0 fully saturated rings. The van der Waals surface area contributed by atoms with Gasteiger partial charge < -0.3 is 10.0 Å². The fraction of sp³-hybridized carbons (Fsp3) is 0.308. The van der Waals surface area contributed by atoms with Crippen molar-refractivity contribution in [3.8, 4) is 0 Å². The van der Waals surface area contributed by atoms with Gasteiger partial charge in [0, 0.05) is 13.1 Å². The van der Waals surface area contributed by atoms with Crippen LogP contribution in [-0.4, -0.2) is 24.2 Å². The number of nitrogens with zero attached hydrogens (tertiary/aromatic N) is 1. The molecule has 0 bridgehead atoms. The van der Waals surface area contributed by atoms with Crippen LogP contribution in [0.4, 0.5) is 5.69 Å². The number of hydrogen-bond donors (Lipinski definition) is 1. The third-order valence-corrected chi connectivity index (χ3v) is 2.78. The highest BCUT2D eigenvalue weighted by Crippen LogP contribution is 2.24. The molecule has 0 radical (unpaired) electrons. The SMILES string of the molecule is Cc1ccc(C(=O)O)c(N2CC=CCC2)c1. The molecule has 0 saturated heterocycles. The van der Waals surface area contributed by atoms with Gasteiger partial charge in [0.25, 0.3) is 0 Å². The van der Waals surface area contributed by atoms with E-state index < -0.39 is 5.97 Å². The Bertz CT molecular complexity index is 438. The average molecular weight is 217 g/mol. The monoisotopic (exact) mass is 217 g/mol. The molecular formula is C13H15NO2. The van der Waals surface area contributed by atoms with E-state index in [1.807, 2.05) is 19.1 Å². The summed E-state index contributed by atoms with van der Waals surface area (Å²) in [7, 11) is 0. The number of carboxylic acid groups (broad SMARTS) is 1. The lowest BCUT2D eigenvalue weighted by Crippen LogP contribution is -2.28. The first-order valence-corrected chi connectivity index (χ1v) is 5.42. The van der Waals surface area contributed by atoms with Crippen molar-refractivity contribution in [3.05, 3.63) is 41.5 Å². The predicted octanol–water partition coefficient (Wildman–Crippen LogP) is 2.46. The van der Waals surface area contributed by atoms with Crippen LogP contribution in [-0.2, 0) is 0 Å². The minimum Gasteiger partial charge on any atom is -0.478 e. The summed E-state index contributed by atoms with van der Waals surface area (Å²) in [6.07, 6.45) is 5.19. The lowest BCUT2D eigenvalue weighted by molar-refractivity contribution is 0.0697. The highest BCUT2D eigenvalue weighted by molar-refractivity contribution is 5.94. The Hall–Kier alpha value is -1.77. The molecule has 3 nitrogen and oxygen atoms in total. The van der Waals surface area contributed by atoms with Crippen LogP contribution >= 0.6 is 0 Å². The maximum Gasteiger partial charge on any atom is 0.337 e. The van der Waals surface area contributed by atoms with Crippen LogP contribution in [0.3, 0.4) is 0 Å². The molecule has 0 spiro atoms. The molecule has 0 aromatic heterocycles. The Morgan fingerprint density at radius 2 is 2.19 bits per heavy atom. The first-order valence-electron chi connectivity index (χ1n) is 5.42. The predicted molar refractivity (Wildman–Crippen MR) is 64.1 cm³/mol. The van der Waals surface area contributed by atoms with Crippen molar-refractivity contribution in [2.75, 3.05) is 18.0 Å².